The Labute approximate surface area is 173 Å². The number of rotatable bonds is 5. The van der Waals surface area contributed by atoms with E-state index in [0.29, 0.717) is 12.3 Å². The molecule has 1 aliphatic carbocycles. The van der Waals surface area contributed by atoms with Crippen LogP contribution in [0.4, 0.5) is 5.82 Å². The zero-order valence-corrected chi connectivity index (χ0v) is 17.9. The Bertz CT molecular complexity index is 862. The summed E-state index contributed by atoms with van der Waals surface area (Å²) in [4.78, 5) is 30.5. The molecule has 7 nitrogen and oxygen atoms in total. The summed E-state index contributed by atoms with van der Waals surface area (Å²) >= 11 is 0. The quantitative estimate of drug-likeness (QED) is 0.776. The smallest absolute Gasteiger partial charge is 0.222 e. The molecule has 4 rings (SSSR count). The van der Waals surface area contributed by atoms with Crippen molar-refractivity contribution in [2.45, 2.75) is 59.3 Å². The SMILES string of the molecule is Cc1nc(N2CCN(C(=O)CCC3CCCC3)CC2)cc(-n2cnc(C)c2C)n1. The molecule has 2 aromatic heterocycles. The number of hydrogen-bond donors (Lipinski definition) is 0. The van der Waals surface area contributed by atoms with Crippen LogP contribution in [0.15, 0.2) is 12.4 Å². The van der Waals surface area contributed by atoms with Gasteiger partial charge in [0.1, 0.15) is 23.8 Å². The molecule has 0 bridgehead atoms. The van der Waals surface area contributed by atoms with Crippen molar-refractivity contribution in [3.8, 4) is 5.82 Å². The van der Waals surface area contributed by atoms with Crippen LogP contribution in [0.25, 0.3) is 5.82 Å². The number of imidazole rings is 1. The van der Waals surface area contributed by atoms with Crippen LogP contribution in [0.5, 0.6) is 0 Å². The summed E-state index contributed by atoms with van der Waals surface area (Å²) in [5.41, 5.74) is 2.10. The normalized spacial score (nSPS) is 17.9. The van der Waals surface area contributed by atoms with Gasteiger partial charge in [-0.15, -0.1) is 0 Å². The number of hydrogen-bond acceptors (Lipinski definition) is 5. The highest BCUT2D eigenvalue weighted by Crippen LogP contribution is 2.29. The van der Waals surface area contributed by atoms with E-state index in [-0.39, 0.29) is 0 Å². The van der Waals surface area contributed by atoms with Crippen LogP contribution in [0.1, 0.15) is 55.7 Å². The second-order valence-electron chi connectivity index (χ2n) is 8.47. The molecule has 0 atom stereocenters. The van der Waals surface area contributed by atoms with Gasteiger partial charge in [0.25, 0.3) is 0 Å². The highest BCUT2D eigenvalue weighted by molar-refractivity contribution is 5.76. The fourth-order valence-electron chi connectivity index (χ4n) is 4.52. The minimum absolute atomic E-state index is 0.320. The molecule has 3 heterocycles. The summed E-state index contributed by atoms with van der Waals surface area (Å²) in [5.74, 6) is 3.62. The minimum atomic E-state index is 0.320. The third-order valence-corrected chi connectivity index (χ3v) is 6.51. The molecule has 0 unspecified atom stereocenters. The van der Waals surface area contributed by atoms with Gasteiger partial charge in [0.15, 0.2) is 0 Å². The first kappa shape index (κ1) is 19.9. The largest absolute Gasteiger partial charge is 0.353 e. The van der Waals surface area contributed by atoms with Crippen LogP contribution in [0, 0.1) is 26.7 Å². The first-order chi connectivity index (χ1) is 14.0. The third-order valence-electron chi connectivity index (χ3n) is 6.51. The standard InChI is InChI=1S/C22H32N6O/c1-16-17(2)28(15-23-16)21-14-20(24-18(3)25-21)26-10-12-27(13-11-26)22(29)9-8-19-6-4-5-7-19/h14-15,19H,4-13H2,1-3H3. The molecular weight excluding hydrogens is 364 g/mol. The number of piperazine rings is 1. The Balaban J connectivity index is 1.38. The van der Waals surface area contributed by atoms with Gasteiger partial charge in [-0.25, -0.2) is 15.0 Å². The summed E-state index contributed by atoms with van der Waals surface area (Å²) in [5, 5.41) is 0. The Morgan fingerprint density at radius 2 is 1.72 bits per heavy atom. The maximum atomic E-state index is 12.6. The van der Waals surface area contributed by atoms with Crippen LogP contribution in [0.3, 0.4) is 0 Å². The lowest BCUT2D eigenvalue weighted by molar-refractivity contribution is -0.131. The molecule has 7 heteroatoms. The van der Waals surface area contributed by atoms with E-state index < -0.39 is 0 Å². The Morgan fingerprint density at radius 1 is 1.03 bits per heavy atom. The van der Waals surface area contributed by atoms with Crippen molar-refractivity contribution in [3.05, 3.63) is 29.6 Å². The molecule has 1 aliphatic heterocycles. The maximum absolute atomic E-state index is 12.6. The molecular formula is C22H32N6O. The van der Waals surface area contributed by atoms with Crippen molar-refractivity contribution >= 4 is 11.7 Å². The average Bonchev–Trinajstić information content (AvgIpc) is 3.36. The van der Waals surface area contributed by atoms with Gasteiger partial charge in [0, 0.05) is 44.4 Å². The van der Waals surface area contributed by atoms with Gasteiger partial charge in [-0.2, -0.15) is 0 Å². The van der Waals surface area contributed by atoms with Crippen molar-refractivity contribution in [1.82, 2.24) is 24.4 Å². The van der Waals surface area contributed by atoms with Gasteiger partial charge in [0.05, 0.1) is 5.69 Å². The van der Waals surface area contributed by atoms with Gasteiger partial charge in [-0.1, -0.05) is 25.7 Å². The number of nitrogens with zero attached hydrogens (tertiary/aromatic N) is 6. The van der Waals surface area contributed by atoms with E-state index in [9.17, 15) is 4.79 Å². The summed E-state index contributed by atoms with van der Waals surface area (Å²) in [7, 11) is 0. The summed E-state index contributed by atoms with van der Waals surface area (Å²) in [6, 6.07) is 2.03. The van der Waals surface area contributed by atoms with Gasteiger partial charge in [0.2, 0.25) is 5.91 Å². The zero-order valence-electron chi connectivity index (χ0n) is 17.9. The Hall–Kier alpha value is -2.44. The Kier molecular flexibility index (Phi) is 5.83. The van der Waals surface area contributed by atoms with E-state index in [1.54, 1.807) is 0 Å². The van der Waals surface area contributed by atoms with Crippen LogP contribution in [-0.2, 0) is 4.79 Å². The van der Waals surface area contributed by atoms with Crippen molar-refractivity contribution < 1.29 is 4.79 Å². The topological polar surface area (TPSA) is 67.2 Å². The number of carbonyl (C=O) groups excluding carboxylic acids is 1. The van der Waals surface area contributed by atoms with E-state index in [1.165, 1.54) is 25.7 Å². The lowest BCUT2D eigenvalue weighted by Gasteiger charge is -2.35. The monoisotopic (exact) mass is 396 g/mol. The van der Waals surface area contributed by atoms with Crippen molar-refractivity contribution in [2.75, 3.05) is 31.1 Å². The zero-order chi connectivity index (χ0) is 20.4. The van der Waals surface area contributed by atoms with Gasteiger partial charge in [-0.05, 0) is 33.1 Å². The van der Waals surface area contributed by atoms with Gasteiger partial charge >= 0.3 is 0 Å². The molecule has 2 aliphatic rings. The summed E-state index contributed by atoms with van der Waals surface area (Å²) in [6.07, 6.45) is 8.90. The van der Waals surface area contributed by atoms with E-state index in [2.05, 4.69) is 26.8 Å². The minimum Gasteiger partial charge on any atom is -0.353 e. The second kappa shape index (κ2) is 8.51. The first-order valence-electron chi connectivity index (χ1n) is 10.9. The number of aryl methyl sites for hydroxylation is 2. The molecule has 156 valence electrons. The van der Waals surface area contributed by atoms with Crippen LogP contribution in [0.2, 0.25) is 0 Å². The predicted octanol–water partition coefficient (Wildman–Crippen LogP) is 3.21. The molecule has 0 aromatic carbocycles. The number of aromatic nitrogens is 4. The molecule has 2 fully saturated rings. The van der Waals surface area contributed by atoms with E-state index in [0.717, 1.165) is 67.4 Å². The van der Waals surface area contributed by atoms with Gasteiger partial charge < -0.3 is 9.80 Å². The molecule has 1 saturated heterocycles. The molecule has 29 heavy (non-hydrogen) atoms. The molecule has 2 aromatic rings. The number of amides is 1. The third kappa shape index (κ3) is 4.43. The van der Waals surface area contributed by atoms with Crippen LogP contribution >= 0.6 is 0 Å². The Morgan fingerprint density at radius 3 is 2.38 bits per heavy atom. The van der Waals surface area contributed by atoms with Crippen LogP contribution < -0.4 is 4.90 Å². The number of anilines is 1. The summed E-state index contributed by atoms with van der Waals surface area (Å²) in [6.45, 7) is 9.14. The van der Waals surface area contributed by atoms with Crippen LogP contribution in [-0.4, -0.2) is 56.5 Å². The fourth-order valence-corrected chi connectivity index (χ4v) is 4.52. The summed E-state index contributed by atoms with van der Waals surface area (Å²) < 4.78 is 2.01. The number of carbonyl (C=O) groups is 1. The first-order valence-corrected chi connectivity index (χ1v) is 10.9. The lowest BCUT2D eigenvalue weighted by atomic mass is 10.0. The van der Waals surface area contributed by atoms with Gasteiger partial charge in [-0.3, -0.25) is 9.36 Å². The van der Waals surface area contributed by atoms with E-state index in [1.807, 2.05) is 35.7 Å². The van der Waals surface area contributed by atoms with Crippen molar-refractivity contribution in [2.24, 2.45) is 5.92 Å². The van der Waals surface area contributed by atoms with E-state index >= 15 is 0 Å². The predicted molar refractivity (Wildman–Crippen MR) is 113 cm³/mol. The van der Waals surface area contributed by atoms with Crippen molar-refractivity contribution in [1.29, 1.82) is 0 Å². The van der Waals surface area contributed by atoms with E-state index in [4.69, 9.17) is 0 Å². The fraction of sp³-hybridized carbons (Fsp3) is 0.636. The average molecular weight is 397 g/mol. The maximum Gasteiger partial charge on any atom is 0.222 e. The molecule has 0 spiro atoms. The lowest BCUT2D eigenvalue weighted by Crippen LogP contribution is -2.49. The molecule has 1 amide bonds. The molecule has 1 saturated carbocycles. The highest BCUT2D eigenvalue weighted by atomic mass is 16.2. The molecule has 0 N–H and O–H groups in total. The van der Waals surface area contributed by atoms with Crippen molar-refractivity contribution in [3.63, 3.8) is 0 Å². The molecule has 0 radical (unpaired) electrons. The highest BCUT2D eigenvalue weighted by Gasteiger charge is 2.24. The second-order valence-corrected chi connectivity index (χ2v) is 8.47.